The number of esters is 3. The van der Waals surface area contributed by atoms with Crippen LogP contribution in [0.2, 0.25) is 0 Å². The van der Waals surface area contributed by atoms with Gasteiger partial charge in [-0.2, -0.15) is 0 Å². The van der Waals surface area contributed by atoms with Gasteiger partial charge in [-0.15, -0.1) is 0 Å². The van der Waals surface area contributed by atoms with Gasteiger partial charge in [-0.05, 0) is 83.5 Å². The summed E-state index contributed by atoms with van der Waals surface area (Å²) in [4.78, 5) is 38.2. The zero-order chi connectivity index (χ0) is 50.7. The lowest BCUT2D eigenvalue weighted by molar-refractivity contribution is -0.167. The van der Waals surface area contributed by atoms with E-state index >= 15 is 0 Å². The van der Waals surface area contributed by atoms with Gasteiger partial charge in [-0.3, -0.25) is 14.4 Å². The second-order valence-electron chi connectivity index (χ2n) is 19.6. The maximum absolute atomic E-state index is 12.9. The third kappa shape index (κ3) is 55.5. The lowest BCUT2D eigenvalue weighted by Gasteiger charge is -2.18. The van der Waals surface area contributed by atoms with E-state index < -0.39 is 6.10 Å². The van der Waals surface area contributed by atoms with Gasteiger partial charge in [0.15, 0.2) is 6.10 Å². The molecule has 0 amide bonds. The average Bonchev–Trinajstić information content (AvgIpc) is 3.36. The molecule has 6 heteroatoms. The first-order valence-corrected chi connectivity index (χ1v) is 29.6. The van der Waals surface area contributed by atoms with E-state index in [9.17, 15) is 14.4 Å². The number of allylic oxidation sites excluding steroid dienone is 14. The van der Waals surface area contributed by atoms with Crippen molar-refractivity contribution in [3.8, 4) is 0 Å². The Balaban J connectivity index is 4.44. The molecule has 0 heterocycles. The standard InChI is InChI=1S/C64H110O6/c1-4-7-10-13-16-19-22-25-28-30-32-34-36-39-42-45-48-51-54-57-63(66)69-60-61(59-68-62(65)56-53-50-47-44-41-38-35-27-24-21-18-15-12-9-6-3)70-64(67)58-55-52-49-46-43-40-37-33-31-29-26-23-20-17-14-11-8-5-2/h7,10,16,19,23,25-26,28-29,31-34,37,61H,4-6,8-9,11-15,17-18,20-22,24,27,30,35-36,38-60H2,1-3H3/b10-7-,19-16-,26-23-,28-25-,31-29-,34-32-,37-33-. The molecule has 0 aliphatic rings. The minimum Gasteiger partial charge on any atom is -0.462 e. The SMILES string of the molecule is CC/C=C\C/C=C\C/C=C\C/C=C\CCCCCCCCC(=O)OCC(COC(=O)CCCCCCCCCCCCCCCCC)OC(=O)CCCCCCC\C=C/C=C\C=C/CCCCCCC. The molecular weight excluding hydrogens is 865 g/mol. The van der Waals surface area contributed by atoms with Crippen LogP contribution in [-0.2, 0) is 28.6 Å². The molecule has 0 spiro atoms. The summed E-state index contributed by atoms with van der Waals surface area (Å²) in [5, 5.41) is 0. The number of hydrogen-bond acceptors (Lipinski definition) is 6. The third-order valence-corrected chi connectivity index (χ3v) is 12.7. The van der Waals surface area contributed by atoms with Gasteiger partial charge in [-0.1, -0.05) is 266 Å². The van der Waals surface area contributed by atoms with Crippen molar-refractivity contribution in [2.75, 3.05) is 13.2 Å². The van der Waals surface area contributed by atoms with Gasteiger partial charge in [0, 0.05) is 19.3 Å². The van der Waals surface area contributed by atoms with E-state index in [-0.39, 0.29) is 31.1 Å². The molecule has 0 bridgehead atoms. The summed E-state index contributed by atoms with van der Waals surface area (Å²) in [7, 11) is 0. The Kier molecular flexibility index (Phi) is 55.3. The van der Waals surface area contributed by atoms with Crippen LogP contribution in [-0.4, -0.2) is 37.2 Å². The van der Waals surface area contributed by atoms with Crippen molar-refractivity contribution in [2.45, 2.75) is 290 Å². The molecule has 0 aromatic heterocycles. The van der Waals surface area contributed by atoms with E-state index in [2.05, 4.69) is 106 Å². The molecule has 0 rings (SSSR count). The fraction of sp³-hybridized carbons (Fsp3) is 0.734. The summed E-state index contributed by atoms with van der Waals surface area (Å²) in [6, 6.07) is 0. The highest BCUT2D eigenvalue weighted by Gasteiger charge is 2.19. The second kappa shape index (κ2) is 58.2. The van der Waals surface area contributed by atoms with Crippen LogP contribution in [0.1, 0.15) is 284 Å². The Morgan fingerprint density at radius 1 is 0.314 bits per heavy atom. The maximum Gasteiger partial charge on any atom is 0.306 e. The zero-order valence-electron chi connectivity index (χ0n) is 46.0. The molecule has 402 valence electrons. The Bertz CT molecular complexity index is 1350. The van der Waals surface area contributed by atoms with Gasteiger partial charge < -0.3 is 14.2 Å². The van der Waals surface area contributed by atoms with Gasteiger partial charge >= 0.3 is 17.9 Å². The fourth-order valence-electron chi connectivity index (χ4n) is 8.26. The number of carbonyl (C=O) groups is 3. The van der Waals surface area contributed by atoms with E-state index in [4.69, 9.17) is 14.2 Å². The maximum atomic E-state index is 12.9. The van der Waals surface area contributed by atoms with E-state index in [1.54, 1.807) is 0 Å². The molecule has 0 radical (unpaired) electrons. The summed E-state index contributed by atoms with van der Waals surface area (Å²) < 4.78 is 16.9. The highest BCUT2D eigenvalue weighted by atomic mass is 16.6. The van der Waals surface area contributed by atoms with Gasteiger partial charge in [-0.25, -0.2) is 0 Å². The minimum absolute atomic E-state index is 0.0877. The van der Waals surface area contributed by atoms with E-state index in [0.717, 1.165) is 122 Å². The number of hydrogen-bond donors (Lipinski definition) is 0. The van der Waals surface area contributed by atoms with Gasteiger partial charge in [0.2, 0.25) is 0 Å². The summed E-state index contributed by atoms with van der Waals surface area (Å²) >= 11 is 0. The first kappa shape index (κ1) is 66.6. The molecule has 0 saturated heterocycles. The predicted molar refractivity (Wildman–Crippen MR) is 302 cm³/mol. The molecule has 6 nitrogen and oxygen atoms in total. The van der Waals surface area contributed by atoms with Crippen molar-refractivity contribution in [3.05, 3.63) is 85.1 Å². The topological polar surface area (TPSA) is 78.9 Å². The molecule has 1 unspecified atom stereocenters. The van der Waals surface area contributed by atoms with Crippen molar-refractivity contribution in [1.82, 2.24) is 0 Å². The van der Waals surface area contributed by atoms with E-state index in [0.29, 0.717) is 19.3 Å². The quantitative estimate of drug-likeness (QED) is 0.0199. The minimum atomic E-state index is -0.793. The van der Waals surface area contributed by atoms with Crippen molar-refractivity contribution >= 4 is 17.9 Å². The Morgan fingerprint density at radius 3 is 0.986 bits per heavy atom. The summed E-state index contributed by atoms with van der Waals surface area (Å²) in [5.41, 5.74) is 0. The van der Waals surface area contributed by atoms with Crippen LogP contribution in [0.15, 0.2) is 85.1 Å². The molecule has 0 aromatic carbocycles. The Morgan fingerprint density at radius 2 is 0.614 bits per heavy atom. The molecule has 0 fully saturated rings. The van der Waals surface area contributed by atoms with Crippen LogP contribution in [0.5, 0.6) is 0 Å². The molecule has 0 saturated carbocycles. The van der Waals surface area contributed by atoms with Gasteiger partial charge in [0.05, 0.1) is 0 Å². The molecular formula is C64H110O6. The highest BCUT2D eigenvalue weighted by molar-refractivity contribution is 5.71. The van der Waals surface area contributed by atoms with Crippen LogP contribution < -0.4 is 0 Å². The number of rotatable bonds is 53. The normalized spacial score (nSPS) is 12.7. The zero-order valence-corrected chi connectivity index (χ0v) is 46.0. The van der Waals surface area contributed by atoms with Crippen molar-refractivity contribution < 1.29 is 28.6 Å². The van der Waals surface area contributed by atoms with Crippen molar-refractivity contribution in [3.63, 3.8) is 0 Å². The first-order chi connectivity index (χ1) is 34.5. The van der Waals surface area contributed by atoms with E-state index in [1.165, 1.54) is 122 Å². The molecule has 0 N–H and O–H groups in total. The number of ether oxygens (including phenoxy) is 3. The smallest absolute Gasteiger partial charge is 0.306 e. The summed E-state index contributed by atoms with van der Waals surface area (Å²) in [5.74, 6) is -0.913. The monoisotopic (exact) mass is 975 g/mol. The largest absolute Gasteiger partial charge is 0.462 e. The lowest BCUT2D eigenvalue weighted by atomic mass is 10.0. The molecule has 0 aromatic rings. The van der Waals surface area contributed by atoms with E-state index in [1.807, 2.05) is 0 Å². The second-order valence-corrected chi connectivity index (χ2v) is 19.6. The summed E-state index contributed by atoms with van der Waals surface area (Å²) in [6.07, 6.45) is 75.7. The van der Waals surface area contributed by atoms with Crippen LogP contribution in [0.3, 0.4) is 0 Å². The number of unbranched alkanes of at least 4 members (excludes halogenated alkanes) is 30. The summed E-state index contributed by atoms with van der Waals surface area (Å²) in [6.45, 7) is 6.51. The van der Waals surface area contributed by atoms with Crippen LogP contribution >= 0.6 is 0 Å². The third-order valence-electron chi connectivity index (χ3n) is 12.7. The molecule has 1 atom stereocenters. The van der Waals surface area contributed by atoms with Gasteiger partial charge in [0.1, 0.15) is 13.2 Å². The molecule has 0 aliphatic heterocycles. The Labute approximate surface area is 433 Å². The van der Waals surface area contributed by atoms with Crippen LogP contribution in [0.4, 0.5) is 0 Å². The lowest BCUT2D eigenvalue weighted by Crippen LogP contribution is -2.30. The predicted octanol–water partition coefficient (Wildman–Crippen LogP) is 19.9. The molecule has 0 aliphatic carbocycles. The van der Waals surface area contributed by atoms with Crippen molar-refractivity contribution in [1.29, 1.82) is 0 Å². The van der Waals surface area contributed by atoms with Crippen LogP contribution in [0.25, 0.3) is 0 Å². The average molecular weight is 976 g/mol. The van der Waals surface area contributed by atoms with Crippen molar-refractivity contribution in [2.24, 2.45) is 0 Å². The molecule has 70 heavy (non-hydrogen) atoms. The number of carbonyl (C=O) groups excluding carboxylic acids is 3. The van der Waals surface area contributed by atoms with Gasteiger partial charge in [0.25, 0.3) is 0 Å². The Hall–Kier alpha value is -3.41. The van der Waals surface area contributed by atoms with Crippen LogP contribution in [0, 0.1) is 0 Å². The highest BCUT2D eigenvalue weighted by Crippen LogP contribution is 2.16. The first-order valence-electron chi connectivity index (χ1n) is 29.6. The fourth-order valence-corrected chi connectivity index (χ4v) is 8.26.